The number of carbonyl (C=O) groups is 2. The van der Waals surface area contributed by atoms with Crippen molar-refractivity contribution in [2.45, 2.75) is 6.92 Å². The van der Waals surface area contributed by atoms with Gasteiger partial charge in [-0.05, 0) is 48.9 Å². The van der Waals surface area contributed by atoms with Crippen LogP contribution in [-0.4, -0.2) is 32.6 Å². The summed E-state index contributed by atoms with van der Waals surface area (Å²) in [5.74, 6) is -0.528. The smallest absolute Gasteiger partial charge is 0.282 e. The molecule has 33 heavy (non-hydrogen) atoms. The van der Waals surface area contributed by atoms with Crippen molar-refractivity contribution < 1.29 is 23.5 Å². The first-order chi connectivity index (χ1) is 16.0. The highest BCUT2D eigenvalue weighted by molar-refractivity contribution is 6.46. The van der Waals surface area contributed by atoms with Gasteiger partial charge in [0.2, 0.25) is 0 Å². The first-order valence-corrected chi connectivity index (χ1v) is 10.4. The van der Waals surface area contributed by atoms with Gasteiger partial charge in [0.05, 0.1) is 25.5 Å². The number of likely N-dealkylation sites (N-methyl/N-ethyl adjacent to an activating group) is 1. The van der Waals surface area contributed by atoms with Crippen LogP contribution < -0.4 is 19.3 Å². The van der Waals surface area contributed by atoms with Gasteiger partial charge in [-0.1, -0.05) is 30.3 Å². The maximum atomic E-state index is 13.8. The molecule has 7 heteroatoms. The van der Waals surface area contributed by atoms with Gasteiger partial charge in [-0.15, -0.1) is 0 Å². The number of benzene rings is 3. The zero-order valence-electron chi connectivity index (χ0n) is 18.5. The Morgan fingerprint density at radius 1 is 0.848 bits per heavy atom. The molecule has 0 radical (unpaired) electrons. The van der Waals surface area contributed by atoms with Gasteiger partial charge in [-0.2, -0.15) is 0 Å². The number of nitrogens with zero attached hydrogens (tertiary/aromatic N) is 2. The summed E-state index contributed by atoms with van der Waals surface area (Å²) in [6.45, 7) is 2.35. The molecule has 168 valence electrons. The standard InChI is InChI=1S/C26H23FN2O4/c1-4-28(19-8-6-5-7-9-19)24-23(17-10-12-18(27)13-11-17)25(30)29(26(24)31)20-14-15-21(32-2)22(16-20)33-3/h5-16H,4H2,1-3H3. The van der Waals surface area contributed by atoms with E-state index in [-0.39, 0.29) is 11.3 Å². The van der Waals surface area contributed by atoms with E-state index in [1.165, 1.54) is 38.5 Å². The molecule has 0 atom stereocenters. The fraction of sp³-hybridized carbons (Fsp3) is 0.154. The van der Waals surface area contributed by atoms with Crippen molar-refractivity contribution >= 4 is 28.8 Å². The molecule has 1 aliphatic rings. The van der Waals surface area contributed by atoms with Crippen LogP contribution in [0.3, 0.4) is 0 Å². The normalized spacial score (nSPS) is 13.5. The zero-order valence-corrected chi connectivity index (χ0v) is 18.5. The Labute approximate surface area is 191 Å². The Bertz CT molecular complexity index is 1220. The van der Waals surface area contributed by atoms with E-state index in [9.17, 15) is 14.0 Å². The SMILES string of the molecule is CCN(C1=C(c2ccc(F)cc2)C(=O)N(c2ccc(OC)c(OC)c2)C1=O)c1ccccc1. The second-order valence-corrected chi connectivity index (χ2v) is 7.30. The predicted molar refractivity (Wildman–Crippen MR) is 125 cm³/mol. The Kier molecular flexibility index (Phi) is 6.13. The fourth-order valence-electron chi connectivity index (χ4n) is 3.92. The summed E-state index contributed by atoms with van der Waals surface area (Å²) in [4.78, 5) is 30.3. The number of ether oxygens (including phenoxy) is 2. The largest absolute Gasteiger partial charge is 0.493 e. The number of carbonyl (C=O) groups excluding carboxylic acids is 2. The van der Waals surface area contributed by atoms with E-state index in [4.69, 9.17) is 9.47 Å². The minimum Gasteiger partial charge on any atom is -0.493 e. The molecule has 0 aliphatic carbocycles. The number of hydrogen-bond acceptors (Lipinski definition) is 5. The quantitative estimate of drug-likeness (QED) is 0.495. The van der Waals surface area contributed by atoms with Crippen molar-refractivity contribution in [3.05, 3.63) is 89.9 Å². The van der Waals surface area contributed by atoms with Crippen molar-refractivity contribution in [3.8, 4) is 11.5 Å². The van der Waals surface area contributed by atoms with Crippen LogP contribution >= 0.6 is 0 Å². The van der Waals surface area contributed by atoms with Crippen molar-refractivity contribution in [1.82, 2.24) is 0 Å². The highest BCUT2D eigenvalue weighted by Gasteiger charge is 2.42. The van der Waals surface area contributed by atoms with Crippen LogP contribution in [0.5, 0.6) is 11.5 Å². The summed E-state index contributed by atoms with van der Waals surface area (Å²) in [5, 5.41) is 0. The van der Waals surface area contributed by atoms with Crippen LogP contribution in [0.25, 0.3) is 5.57 Å². The van der Waals surface area contributed by atoms with Crippen LogP contribution in [-0.2, 0) is 9.59 Å². The third-order valence-electron chi connectivity index (χ3n) is 5.47. The van der Waals surface area contributed by atoms with Crippen molar-refractivity contribution in [2.75, 3.05) is 30.6 Å². The molecule has 3 aromatic rings. The number of halogens is 1. The molecule has 2 amide bonds. The summed E-state index contributed by atoms with van der Waals surface area (Å²) in [5.41, 5.74) is 2.02. The number of methoxy groups -OCH3 is 2. The highest BCUT2D eigenvalue weighted by Crippen LogP contribution is 2.39. The van der Waals surface area contributed by atoms with Crippen LogP contribution in [0.4, 0.5) is 15.8 Å². The van der Waals surface area contributed by atoms with E-state index in [0.717, 1.165) is 10.6 Å². The van der Waals surface area contributed by atoms with Gasteiger partial charge in [0.1, 0.15) is 11.5 Å². The molecule has 0 saturated carbocycles. The third kappa shape index (κ3) is 3.93. The molecular formula is C26H23FN2O4. The summed E-state index contributed by atoms with van der Waals surface area (Å²) in [6, 6.07) is 19.8. The molecule has 6 nitrogen and oxygen atoms in total. The number of amides is 2. The molecule has 1 heterocycles. The lowest BCUT2D eigenvalue weighted by atomic mass is 10.0. The van der Waals surface area contributed by atoms with Crippen molar-refractivity contribution in [2.24, 2.45) is 0 Å². The lowest BCUT2D eigenvalue weighted by Crippen LogP contribution is -2.35. The monoisotopic (exact) mass is 446 g/mol. The molecule has 0 aromatic heterocycles. The minimum atomic E-state index is -0.497. The summed E-state index contributed by atoms with van der Waals surface area (Å²) in [7, 11) is 2.99. The van der Waals surface area contributed by atoms with Gasteiger partial charge in [0.15, 0.2) is 11.5 Å². The van der Waals surface area contributed by atoms with E-state index in [0.29, 0.717) is 29.3 Å². The van der Waals surface area contributed by atoms with E-state index in [1.807, 2.05) is 37.3 Å². The van der Waals surface area contributed by atoms with Gasteiger partial charge >= 0.3 is 0 Å². The van der Waals surface area contributed by atoms with Crippen LogP contribution in [0.2, 0.25) is 0 Å². The number of imide groups is 1. The molecule has 0 fully saturated rings. The summed E-state index contributed by atoms with van der Waals surface area (Å²) < 4.78 is 24.2. The molecule has 1 aliphatic heterocycles. The van der Waals surface area contributed by atoms with Gasteiger partial charge in [0.25, 0.3) is 11.8 Å². The van der Waals surface area contributed by atoms with Gasteiger partial charge in [-0.3, -0.25) is 9.59 Å². The molecule has 0 saturated heterocycles. The average Bonchev–Trinajstić information content (AvgIpc) is 3.10. The van der Waals surface area contributed by atoms with Crippen molar-refractivity contribution in [1.29, 1.82) is 0 Å². The molecule has 0 bridgehead atoms. The maximum Gasteiger partial charge on any atom is 0.282 e. The third-order valence-corrected chi connectivity index (χ3v) is 5.47. The fourth-order valence-corrected chi connectivity index (χ4v) is 3.92. The first-order valence-electron chi connectivity index (χ1n) is 10.4. The maximum absolute atomic E-state index is 13.8. The van der Waals surface area contributed by atoms with Crippen molar-refractivity contribution in [3.63, 3.8) is 0 Å². The Morgan fingerprint density at radius 3 is 2.12 bits per heavy atom. The predicted octanol–water partition coefficient (Wildman–Crippen LogP) is 4.65. The number of para-hydroxylation sites is 1. The van der Waals surface area contributed by atoms with E-state index >= 15 is 0 Å². The average molecular weight is 446 g/mol. The molecule has 4 rings (SSSR count). The molecule has 0 spiro atoms. The van der Waals surface area contributed by atoms with Gasteiger partial charge in [0, 0.05) is 18.3 Å². The van der Waals surface area contributed by atoms with E-state index in [2.05, 4.69) is 0 Å². The Balaban J connectivity index is 1.89. The molecule has 0 unspecified atom stereocenters. The Morgan fingerprint density at radius 2 is 1.52 bits per heavy atom. The van der Waals surface area contributed by atoms with Crippen LogP contribution in [0.15, 0.2) is 78.5 Å². The lowest BCUT2D eigenvalue weighted by molar-refractivity contribution is -0.120. The number of rotatable bonds is 7. The molecular weight excluding hydrogens is 423 g/mol. The van der Waals surface area contributed by atoms with Crippen LogP contribution in [0, 0.1) is 5.82 Å². The topological polar surface area (TPSA) is 59.1 Å². The van der Waals surface area contributed by atoms with E-state index < -0.39 is 17.6 Å². The number of anilines is 2. The van der Waals surface area contributed by atoms with Crippen LogP contribution in [0.1, 0.15) is 12.5 Å². The zero-order chi connectivity index (χ0) is 23.5. The Hall–Kier alpha value is -4.13. The first kappa shape index (κ1) is 22.1. The molecule has 3 aromatic carbocycles. The number of hydrogen-bond donors (Lipinski definition) is 0. The second-order valence-electron chi connectivity index (χ2n) is 7.30. The van der Waals surface area contributed by atoms with E-state index in [1.54, 1.807) is 23.1 Å². The summed E-state index contributed by atoms with van der Waals surface area (Å²) >= 11 is 0. The van der Waals surface area contributed by atoms with Gasteiger partial charge in [-0.25, -0.2) is 9.29 Å². The minimum absolute atomic E-state index is 0.209. The van der Waals surface area contributed by atoms with Gasteiger partial charge < -0.3 is 14.4 Å². The molecule has 0 N–H and O–H groups in total. The second kappa shape index (κ2) is 9.16. The highest BCUT2D eigenvalue weighted by atomic mass is 19.1. The summed E-state index contributed by atoms with van der Waals surface area (Å²) in [6.07, 6.45) is 0. The lowest BCUT2D eigenvalue weighted by Gasteiger charge is -2.25.